The first-order valence-corrected chi connectivity index (χ1v) is 12.6. The lowest BCUT2D eigenvalue weighted by Gasteiger charge is -2.34. The fraction of sp³-hybridized carbons (Fsp3) is 0.296. The monoisotopic (exact) mass is 495 g/mol. The molecule has 10 nitrogen and oxygen atoms in total. The maximum Gasteiger partial charge on any atom is 0.224 e. The molecular weight excluding hydrogens is 466 g/mol. The molecule has 1 amide bonds. The summed E-state index contributed by atoms with van der Waals surface area (Å²) in [4.78, 5) is 34.1. The van der Waals surface area contributed by atoms with Crippen LogP contribution in [0, 0.1) is 0 Å². The van der Waals surface area contributed by atoms with Gasteiger partial charge in [0, 0.05) is 49.7 Å². The van der Waals surface area contributed by atoms with Crippen molar-refractivity contribution >= 4 is 39.2 Å². The van der Waals surface area contributed by atoms with E-state index in [4.69, 9.17) is 4.98 Å². The molecule has 1 fully saturated rings. The highest BCUT2D eigenvalue weighted by atomic mass is 16.1. The molecular formula is C27H29N9O. The van der Waals surface area contributed by atoms with Gasteiger partial charge in [0.05, 0.1) is 40.5 Å². The Morgan fingerprint density at radius 2 is 1.95 bits per heavy atom. The number of rotatable bonds is 6. The van der Waals surface area contributed by atoms with Crippen LogP contribution in [0.1, 0.15) is 19.8 Å². The maximum absolute atomic E-state index is 12.0. The van der Waals surface area contributed by atoms with Gasteiger partial charge in [-0.05, 0) is 37.7 Å². The molecule has 0 bridgehead atoms. The first-order valence-electron chi connectivity index (χ1n) is 12.6. The number of fused-ring (bicyclic) bond motifs is 2. The van der Waals surface area contributed by atoms with Gasteiger partial charge in [-0.25, -0.2) is 4.98 Å². The number of aromatic nitrogens is 6. The summed E-state index contributed by atoms with van der Waals surface area (Å²) in [5, 5.41) is 11.5. The Labute approximate surface area is 214 Å². The number of nitrogens with one attached hydrogen (secondary N) is 3. The molecule has 0 spiro atoms. The number of carbonyl (C=O) groups is 1. The minimum absolute atomic E-state index is 0.0252. The van der Waals surface area contributed by atoms with Gasteiger partial charge in [-0.15, -0.1) is 0 Å². The highest BCUT2D eigenvalue weighted by Crippen LogP contribution is 2.32. The van der Waals surface area contributed by atoms with Crippen molar-refractivity contribution in [2.75, 3.05) is 43.4 Å². The summed E-state index contributed by atoms with van der Waals surface area (Å²) in [5.74, 6) is 0.682. The first kappa shape index (κ1) is 23.1. The smallest absolute Gasteiger partial charge is 0.224 e. The van der Waals surface area contributed by atoms with E-state index < -0.39 is 0 Å². The number of aromatic amines is 2. The Hall–Kier alpha value is -4.31. The van der Waals surface area contributed by atoms with Crippen LogP contribution in [0.3, 0.4) is 0 Å². The van der Waals surface area contributed by atoms with Crippen LogP contribution in [0.4, 0.5) is 11.4 Å². The van der Waals surface area contributed by atoms with Crippen molar-refractivity contribution in [3.8, 4) is 22.8 Å². The van der Waals surface area contributed by atoms with E-state index in [-0.39, 0.29) is 5.91 Å². The molecule has 1 aromatic carbocycles. The van der Waals surface area contributed by atoms with Crippen LogP contribution in [0.15, 0.2) is 48.9 Å². The van der Waals surface area contributed by atoms with Crippen LogP contribution in [0.5, 0.6) is 0 Å². The third-order valence-electron chi connectivity index (χ3n) is 6.80. The first-order chi connectivity index (χ1) is 18.1. The van der Waals surface area contributed by atoms with Crippen LogP contribution in [0.25, 0.3) is 44.7 Å². The van der Waals surface area contributed by atoms with Crippen LogP contribution >= 0.6 is 0 Å². The molecule has 6 rings (SSSR count). The molecule has 0 unspecified atom stereocenters. The lowest BCUT2D eigenvalue weighted by Crippen LogP contribution is -2.44. The molecule has 3 N–H and O–H groups in total. The number of anilines is 2. The number of benzene rings is 1. The molecule has 4 aromatic heterocycles. The topological polar surface area (TPSA) is 119 Å². The van der Waals surface area contributed by atoms with Gasteiger partial charge in [0.2, 0.25) is 5.91 Å². The number of nitrogens with zero attached hydrogens (tertiary/aromatic N) is 6. The summed E-state index contributed by atoms with van der Waals surface area (Å²) in [5.41, 5.74) is 6.83. The van der Waals surface area contributed by atoms with E-state index in [2.05, 4.69) is 65.5 Å². The number of piperazine rings is 1. The van der Waals surface area contributed by atoms with Crippen molar-refractivity contribution in [3.63, 3.8) is 0 Å². The molecule has 0 radical (unpaired) electrons. The zero-order valence-corrected chi connectivity index (χ0v) is 21.0. The minimum atomic E-state index is -0.0252. The molecule has 37 heavy (non-hydrogen) atoms. The lowest BCUT2D eigenvalue weighted by molar-refractivity contribution is -0.116. The fourth-order valence-corrected chi connectivity index (χ4v) is 4.79. The Bertz CT molecular complexity index is 1580. The second-order valence-electron chi connectivity index (χ2n) is 9.50. The summed E-state index contributed by atoms with van der Waals surface area (Å²) in [6, 6.07) is 10.1. The van der Waals surface area contributed by atoms with Crippen LogP contribution in [0.2, 0.25) is 0 Å². The van der Waals surface area contributed by atoms with E-state index in [9.17, 15) is 4.79 Å². The maximum atomic E-state index is 12.0. The van der Waals surface area contributed by atoms with E-state index >= 15 is 0 Å². The Morgan fingerprint density at radius 3 is 2.78 bits per heavy atom. The summed E-state index contributed by atoms with van der Waals surface area (Å²) < 4.78 is 0. The Kier molecular flexibility index (Phi) is 6.01. The van der Waals surface area contributed by atoms with Crippen LogP contribution < -0.4 is 10.2 Å². The number of hydrogen-bond donors (Lipinski definition) is 3. The Morgan fingerprint density at radius 1 is 1.08 bits per heavy atom. The third-order valence-corrected chi connectivity index (χ3v) is 6.80. The molecule has 0 aliphatic carbocycles. The number of likely N-dealkylation sites (N-methyl/N-ethyl adjacent to an activating group) is 1. The molecule has 0 saturated carbocycles. The van der Waals surface area contributed by atoms with E-state index in [0.29, 0.717) is 17.9 Å². The quantitative estimate of drug-likeness (QED) is 0.325. The van der Waals surface area contributed by atoms with Crippen molar-refractivity contribution in [3.05, 3.63) is 48.9 Å². The van der Waals surface area contributed by atoms with Gasteiger partial charge in [0.1, 0.15) is 11.2 Å². The molecule has 5 heterocycles. The van der Waals surface area contributed by atoms with Crippen molar-refractivity contribution in [2.24, 2.45) is 0 Å². The van der Waals surface area contributed by atoms with Crippen molar-refractivity contribution < 1.29 is 4.79 Å². The lowest BCUT2D eigenvalue weighted by atomic mass is 10.1. The fourth-order valence-electron chi connectivity index (χ4n) is 4.79. The number of carbonyl (C=O) groups excluding carboxylic acids is 1. The molecule has 1 saturated heterocycles. The predicted octanol–water partition coefficient (Wildman–Crippen LogP) is 4.05. The summed E-state index contributed by atoms with van der Waals surface area (Å²) >= 11 is 0. The molecule has 188 valence electrons. The SMILES string of the molecule is CCCC(=O)Nc1cncc(-c2cc3c(-c4nc5c(N6CCN(C)CC6)cccc5[nH]4)n[nH]c3cn2)c1. The van der Waals surface area contributed by atoms with E-state index in [1.165, 1.54) is 0 Å². The van der Waals surface area contributed by atoms with Gasteiger partial charge in [-0.2, -0.15) is 5.10 Å². The Balaban J connectivity index is 1.35. The van der Waals surface area contributed by atoms with Gasteiger partial charge < -0.3 is 20.1 Å². The third kappa shape index (κ3) is 4.51. The minimum Gasteiger partial charge on any atom is -0.367 e. The largest absolute Gasteiger partial charge is 0.367 e. The van der Waals surface area contributed by atoms with Crippen LogP contribution in [-0.2, 0) is 4.79 Å². The predicted molar refractivity (Wildman–Crippen MR) is 145 cm³/mol. The second-order valence-corrected chi connectivity index (χ2v) is 9.50. The van der Waals surface area contributed by atoms with Gasteiger partial charge in [-0.1, -0.05) is 13.0 Å². The number of imidazole rings is 1. The number of H-pyrrole nitrogens is 2. The zero-order valence-electron chi connectivity index (χ0n) is 21.0. The van der Waals surface area contributed by atoms with Crippen molar-refractivity contribution in [1.82, 2.24) is 35.0 Å². The zero-order chi connectivity index (χ0) is 25.4. The normalized spacial score (nSPS) is 14.5. The average Bonchev–Trinajstić information content (AvgIpc) is 3.53. The van der Waals surface area contributed by atoms with Gasteiger partial charge in [0.15, 0.2) is 5.82 Å². The summed E-state index contributed by atoms with van der Waals surface area (Å²) in [6.07, 6.45) is 6.42. The number of hydrogen-bond acceptors (Lipinski definition) is 7. The van der Waals surface area contributed by atoms with Crippen molar-refractivity contribution in [1.29, 1.82) is 0 Å². The number of pyridine rings is 2. The van der Waals surface area contributed by atoms with E-state index in [1.807, 2.05) is 19.1 Å². The van der Waals surface area contributed by atoms with Crippen molar-refractivity contribution in [2.45, 2.75) is 19.8 Å². The highest BCUT2D eigenvalue weighted by molar-refractivity contribution is 5.97. The van der Waals surface area contributed by atoms with Gasteiger partial charge in [0.25, 0.3) is 0 Å². The summed E-state index contributed by atoms with van der Waals surface area (Å²) in [7, 11) is 2.16. The molecule has 5 aromatic rings. The average molecular weight is 496 g/mol. The molecule has 1 aliphatic rings. The van der Waals surface area contributed by atoms with Gasteiger partial charge >= 0.3 is 0 Å². The second kappa shape index (κ2) is 9.62. The standard InChI is InChI=1S/C27H29N9O/c1-3-5-24(37)30-18-12-17(14-28-15-18)21-13-19-22(16-29-21)33-34-25(19)27-31-20-6-4-7-23(26(20)32-27)36-10-8-35(2)9-11-36/h4,6-7,12-16H,3,5,8-11H2,1-2H3,(H,30,37)(H,31,32)(H,33,34). The van der Waals surface area contributed by atoms with Gasteiger partial charge in [-0.3, -0.25) is 19.9 Å². The number of para-hydroxylation sites is 1. The molecule has 10 heteroatoms. The summed E-state index contributed by atoms with van der Waals surface area (Å²) in [6.45, 7) is 6.00. The molecule has 1 aliphatic heterocycles. The molecule has 0 atom stereocenters. The van der Waals surface area contributed by atoms with E-state index in [0.717, 1.165) is 77.2 Å². The van der Waals surface area contributed by atoms with Crippen LogP contribution in [-0.4, -0.2) is 74.2 Å². The van der Waals surface area contributed by atoms with E-state index in [1.54, 1.807) is 18.6 Å². The number of amides is 1. The highest BCUT2D eigenvalue weighted by Gasteiger charge is 2.20.